The van der Waals surface area contributed by atoms with Crippen LogP contribution in [0, 0.1) is 12.7 Å². The second-order valence-corrected chi connectivity index (χ2v) is 8.98. The molecule has 4 rings (SSSR count). The first-order valence-corrected chi connectivity index (χ1v) is 11.2. The lowest BCUT2D eigenvalue weighted by Gasteiger charge is -2.16. The molecule has 0 unspecified atom stereocenters. The SMILES string of the molecule is Cc1cccc(S(=O)(=O)N[C@H](C)c2[nH]nc(-c3ccc(F)cc3)c2-c2ccncc2)c1. The predicted molar refractivity (Wildman–Crippen MR) is 117 cm³/mol. The average Bonchev–Trinajstić information content (AvgIpc) is 3.20. The van der Waals surface area contributed by atoms with Crippen LogP contribution in [0.25, 0.3) is 22.4 Å². The molecule has 6 nitrogen and oxygen atoms in total. The number of H-pyrrole nitrogens is 1. The Morgan fingerprint density at radius 2 is 1.71 bits per heavy atom. The monoisotopic (exact) mass is 436 g/mol. The van der Waals surface area contributed by atoms with Gasteiger partial charge in [-0.1, -0.05) is 12.1 Å². The maximum absolute atomic E-state index is 13.4. The molecule has 2 aromatic carbocycles. The van der Waals surface area contributed by atoms with Gasteiger partial charge in [0.25, 0.3) is 0 Å². The largest absolute Gasteiger partial charge is 0.280 e. The normalized spacial score (nSPS) is 12.6. The summed E-state index contributed by atoms with van der Waals surface area (Å²) in [6, 6.07) is 15.8. The van der Waals surface area contributed by atoms with Gasteiger partial charge in [0.05, 0.1) is 16.6 Å². The van der Waals surface area contributed by atoms with Crippen molar-refractivity contribution in [2.24, 2.45) is 0 Å². The molecule has 0 amide bonds. The van der Waals surface area contributed by atoms with Gasteiger partial charge in [0.15, 0.2) is 0 Å². The quantitative estimate of drug-likeness (QED) is 0.461. The number of aryl methyl sites for hydroxylation is 1. The summed E-state index contributed by atoms with van der Waals surface area (Å²) in [7, 11) is -3.75. The number of benzene rings is 2. The van der Waals surface area contributed by atoms with E-state index in [0.717, 1.165) is 16.7 Å². The van der Waals surface area contributed by atoms with Crippen LogP contribution in [0.4, 0.5) is 4.39 Å². The molecule has 0 aliphatic heterocycles. The van der Waals surface area contributed by atoms with E-state index in [0.29, 0.717) is 17.0 Å². The van der Waals surface area contributed by atoms with Crippen LogP contribution in [0.1, 0.15) is 24.2 Å². The first kappa shape index (κ1) is 20.9. The molecule has 0 spiro atoms. The Bertz CT molecular complexity index is 1300. The van der Waals surface area contributed by atoms with E-state index in [-0.39, 0.29) is 10.7 Å². The Hall–Kier alpha value is -3.36. The molecular weight excluding hydrogens is 415 g/mol. The molecular formula is C23H21FN4O2S. The van der Waals surface area contributed by atoms with Gasteiger partial charge in [0.2, 0.25) is 10.0 Å². The van der Waals surface area contributed by atoms with Gasteiger partial charge in [0.1, 0.15) is 11.5 Å². The van der Waals surface area contributed by atoms with E-state index in [1.54, 1.807) is 49.6 Å². The van der Waals surface area contributed by atoms with Crippen LogP contribution in [0.3, 0.4) is 0 Å². The molecule has 4 aromatic rings. The van der Waals surface area contributed by atoms with Crippen molar-refractivity contribution in [2.75, 3.05) is 0 Å². The molecule has 0 radical (unpaired) electrons. The first-order chi connectivity index (χ1) is 14.8. The predicted octanol–water partition coefficient (Wildman–Crippen LogP) is 4.63. The Labute approximate surface area is 180 Å². The van der Waals surface area contributed by atoms with Crippen molar-refractivity contribution >= 4 is 10.0 Å². The van der Waals surface area contributed by atoms with Crippen molar-refractivity contribution in [3.63, 3.8) is 0 Å². The third-order valence-electron chi connectivity index (χ3n) is 4.95. The van der Waals surface area contributed by atoms with Crippen molar-refractivity contribution < 1.29 is 12.8 Å². The minimum absolute atomic E-state index is 0.197. The van der Waals surface area contributed by atoms with Gasteiger partial charge in [0, 0.05) is 23.5 Å². The first-order valence-electron chi connectivity index (χ1n) is 9.69. The average molecular weight is 437 g/mol. The molecule has 2 aromatic heterocycles. The smallest absolute Gasteiger partial charge is 0.241 e. The van der Waals surface area contributed by atoms with Crippen molar-refractivity contribution in [3.05, 3.63) is 90.1 Å². The van der Waals surface area contributed by atoms with Gasteiger partial charge in [-0.25, -0.2) is 17.5 Å². The van der Waals surface area contributed by atoms with E-state index < -0.39 is 16.1 Å². The third kappa shape index (κ3) is 4.40. The molecule has 0 saturated heterocycles. The van der Waals surface area contributed by atoms with Crippen LogP contribution in [0.5, 0.6) is 0 Å². The second-order valence-electron chi connectivity index (χ2n) is 7.26. The Morgan fingerprint density at radius 1 is 1.00 bits per heavy atom. The lowest BCUT2D eigenvalue weighted by Crippen LogP contribution is -2.27. The highest BCUT2D eigenvalue weighted by Gasteiger charge is 2.25. The zero-order valence-electron chi connectivity index (χ0n) is 17.0. The molecule has 0 aliphatic carbocycles. The fourth-order valence-electron chi connectivity index (χ4n) is 3.44. The summed E-state index contributed by atoms with van der Waals surface area (Å²) in [6.45, 7) is 3.59. The van der Waals surface area contributed by atoms with Gasteiger partial charge in [-0.05, 0) is 73.5 Å². The molecule has 0 fully saturated rings. The van der Waals surface area contributed by atoms with E-state index in [4.69, 9.17) is 0 Å². The number of halogens is 1. The van der Waals surface area contributed by atoms with Gasteiger partial charge in [-0.3, -0.25) is 10.1 Å². The van der Waals surface area contributed by atoms with Crippen molar-refractivity contribution in [1.29, 1.82) is 0 Å². The van der Waals surface area contributed by atoms with Crippen LogP contribution in [-0.4, -0.2) is 23.6 Å². The Morgan fingerprint density at radius 3 is 2.39 bits per heavy atom. The highest BCUT2D eigenvalue weighted by Crippen LogP contribution is 2.36. The number of nitrogens with one attached hydrogen (secondary N) is 2. The molecule has 0 bridgehead atoms. The maximum atomic E-state index is 13.4. The van der Waals surface area contributed by atoms with Crippen molar-refractivity contribution in [2.45, 2.75) is 24.8 Å². The Balaban J connectivity index is 1.77. The van der Waals surface area contributed by atoms with Crippen LogP contribution >= 0.6 is 0 Å². The van der Waals surface area contributed by atoms with Gasteiger partial charge in [-0.2, -0.15) is 5.10 Å². The highest BCUT2D eigenvalue weighted by molar-refractivity contribution is 7.89. The summed E-state index contributed by atoms with van der Waals surface area (Å²) in [4.78, 5) is 4.26. The topological polar surface area (TPSA) is 87.7 Å². The summed E-state index contributed by atoms with van der Waals surface area (Å²) >= 11 is 0. The number of aromatic nitrogens is 3. The van der Waals surface area contributed by atoms with E-state index in [1.165, 1.54) is 12.1 Å². The van der Waals surface area contributed by atoms with Crippen LogP contribution in [0.2, 0.25) is 0 Å². The summed E-state index contributed by atoms with van der Waals surface area (Å²) in [5.41, 5.74) is 4.32. The number of rotatable bonds is 6. The van der Waals surface area contributed by atoms with Gasteiger partial charge in [-0.15, -0.1) is 0 Å². The molecule has 0 aliphatic rings. The maximum Gasteiger partial charge on any atom is 0.241 e. The second kappa shape index (κ2) is 8.41. The summed E-state index contributed by atoms with van der Waals surface area (Å²) in [5, 5.41) is 7.41. The number of nitrogens with zero attached hydrogens (tertiary/aromatic N) is 2. The van der Waals surface area contributed by atoms with E-state index in [1.807, 2.05) is 25.1 Å². The van der Waals surface area contributed by atoms with Crippen LogP contribution < -0.4 is 4.72 Å². The molecule has 2 heterocycles. The van der Waals surface area contributed by atoms with E-state index in [9.17, 15) is 12.8 Å². The molecule has 0 saturated carbocycles. The fourth-order valence-corrected chi connectivity index (χ4v) is 4.76. The summed E-state index contributed by atoms with van der Waals surface area (Å²) in [6.07, 6.45) is 3.31. The number of aromatic amines is 1. The molecule has 158 valence electrons. The highest BCUT2D eigenvalue weighted by atomic mass is 32.2. The fraction of sp³-hybridized carbons (Fsp3) is 0.130. The molecule has 31 heavy (non-hydrogen) atoms. The number of sulfonamides is 1. The summed E-state index contributed by atoms with van der Waals surface area (Å²) < 4.78 is 42.0. The molecule has 8 heteroatoms. The van der Waals surface area contributed by atoms with Gasteiger partial charge >= 0.3 is 0 Å². The van der Waals surface area contributed by atoms with E-state index in [2.05, 4.69) is 19.9 Å². The lowest BCUT2D eigenvalue weighted by molar-refractivity contribution is 0.564. The number of hydrogen-bond donors (Lipinski definition) is 2. The van der Waals surface area contributed by atoms with Crippen LogP contribution in [-0.2, 0) is 10.0 Å². The van der Waals surface area contributed by atoms with Crippen molar-refractivity contribution in [3.8, 4) is 22.4 Å². The van der Waals surface area contributed by atoms with Crippen LogP contribution in [0.15, 0.2) is 78.0 Å². The van der Waals surface area contributed by atoms with Crippen molar-refractivity contribution in [1.82, 2.24) is 19.9 Å². The van der Waals surface area contributed by atoms with Gasteiger partial charge < -0.3 is 0 Å². The van der Waals surface area contributed by atoms with E-state index >= 15 is 0 Å². The number of pyridine rings is 1. The summed E-state index contributed by atoms with van der Waals surface area (Å²) in [5.74, 6) is -0.343. The molecule has 2 N–H and O–H groups in total. The number of hydrogen-bond acceptors (Lipinski definition) is 4. The minimum atomic E-state index is -3.75. The zero-order valence-corrected chi connectivity index (χ0v) is 17.8. The zero-order chi connectivity index (χ0) is 22.0. The standard InChI is InChI=1S/C23H21FN4O2S/c1-15-4-3-5-20(14-15)31(29,30)28-16(2)22-21(17-10-12-25-13-11-17)23(27-26-22)18-6-8-19(24)9-7-18/h3-14,16,28H,1-2H3,(H,26,27)/t16-/m1/s1. The Kier molecular flexibility index (Phi) is 5.67. The molecule has 1 atom stereocenters. The lowest BCUT2D eigenvalue weighted by atomic mass is 9.97. The minimum Gasteiger partial charge on any atom is -0.280 e. The third-order valence-corrected chi connectivity index (χ3v) is 6.48.